The van der Waals surface area contributed by atoms with Gasteiger partial charge in [0.25, 0.3) is 0 Å². The molecule has 0 aromatic heterocycles. The van der Waals surface area contributed by atoms with Crippen molar-refractivity contribution in [3.8, 4) is 0 Å². The number of hydrogen-bond acceptors (Lipinski definition) is 2. The average Bonchev–Trinajstić information content (AvgIpc) is 2.91. The molecule has 3 heteroatoms. The molecule has 0 aromatic rings. The van der Waals surface area contributed by atoms with Crippen LogP contribution >= 0.6 is 0 Å². The van der Waals surface area contributed by atoms with Crippen LogP contribution in [0.15, 0.2) is 11.6 Å². The maximum Gasteiger partial charge on any atom is 0.192 e. The van der Waals surface area contributed by atoms with Crippen molar-refractivity contribution >= 4 is 14.1 Å². The van der Waals surface area contributed by atoms with E-state index in [0.717, 1.165) is 12.3 Å². The Morgan fingerprint density at radius 1 is 1.11 bits per heavy atom. The summed E-state index contributed by atoms with van der Waals surface area (Å²) in [6.45, 7) is 16.7. The lowest BCUT2D eigenvalue weighted by molar-refractivity contribution is -0.117. The van der Waals surface area contributed by atoms with Gasteiger partial charge in [0, 0.05) is 7.79 Å². The monoisotopic (exact) mass is 403 g/mol. The van der Waals surface area contributed by atoms with Crippen molar-refractivity contribution in [2.75, 3.05) is 0 Å². The van der Waals surface area contributed by atoms with E-state index in [4.69, 9.17) is 5.80 Å². The highest BCUT2D eigenvalue weighted by atomic mass is 28.4. The van der Waals surface area contributed by atoms with E-state index in [1.807, 2.05) is 6.08 Å². The van der Waals surface area contributed by atoms with Crippen molar-refractivity contribution in [2.24, 2.45) is 28.6 Å². The fraction of sp³-hybridized carbons (Fsp3) is 0.880. The molecule has 4 aliphatic carbocycles. The standard InChI is InChI=1S/C25H42O2Si/c1-23(2,3)28(6,7)27-22-11-10-20-19-9-8-17-16-18(26)12-14-24(17,4)21(19)13-15-25(20,22)5/h16,19-22H,8-15H2,1-7H3/t19-,20-,21-,22-,24-,25-/m0/s1/i14D/t14-,19-,20-,21-,22-,24-,25-. The first-order chi connectivity index (χ1) is 13.3. The molecule has 0 heterocycles. The topological polar surface area (TPSA) is 26.3 Å². The van der Waals surface area contributed by atoms with Gasteiger partial charge in [0.15, 0.2) is 14.1 Å². The fourth-order valence-corrected chi connectivity index (χ4v) is 8.47. The van der Waals surface area contributed by atoms with E-state index in [1.54, 1.807) is 0 Å². The van der Waals surface area contributed by atoms with Gasteiger partial charge in [-0.3, -0.25) is 4.79 Å². The van der Waals surface area contributed by atoms with Gasteiger partial charge >= 0.3 is 0 Å². The molecule has 0 aromatic carbocycles. The third-order valence-electron chi connectivity index (χ3n) is 9.86. The zero-order chi connectivity index (χ0) is 21.4. The number of hydrogen-bond donors (Lipinski definition) is 0. The second kappa shape index (κ2) is 6.54. The summed E-state index contributed by atoms with van der Waals surface area (Å²) in [5, 5.41) is 0.254. The zero-order valence-corrected chi connectivity index (χ0v) is 20.2. The molecule has 3 saturated carbocycles. The predicted octanol–water partition coefficient (Wildman–Crippen LogP) is 6.91. The number of fused-ring (bicyclic) bond motifs is 5. The van der Waals surface area contributed by atoms with Crippen LogP contribution in [0.5, 0.6) is 0 Å². The maximum atomic E-state index is 12.1. The molecule has 0 bridgehead atoms. The highest BCUT2D eigenvalue weighted by Gasteiger charge is 2.60. The Morgan fingerprint density at radius 3 is 2.50 bits per heavy atom. The molecule has 3 fully saturated rings. The molecule has 0 radical (unpaired) electrons. The Morgan fingerprint density at radius 2 is 1.82 bits per heavy atom. The van der Waals surface area contributed by atoms with Gasteiger partial charge in [-0.05, 0) is 97.7 Å². The Labute approximate surface area is 175 Å². The van der Waals surface area contributed by atoms with Crippen LogP contribution in [0.25, 0.3) is 0 Å². The smallest absolute Gasteiger partial charge is 0.192 e. The molecule has 0 spiro atoms. The van der Waals surface area contributed by atoms with E-state index < -0.39 is 8.32 Å². The van der Waals surface area contributed by atoms with Crippen LogP contribution in [0.2, 0.25) is 18.1 Å². The van der Waals surface area contributed by atoms with Gasteiger partial charge in [-0.2, -0.15) is 0 Å². The molecule has 158 valence electrons. The molecule has 0 N–H and O–H groups in total. The second-order valence-electron chi connectivity index (χ2n) is 12.2. The number of rotatable bonds is 2. The highest BCUT2D eigenvalue weighted by molar-refractivity contribution is 6.74. The molecule has 0 amide bonds. The Kier molecular flexibility index (Phi) is 4.57. The number of allylic oxidation sites excluding steroid dienone is 1. The predicted molar refractivity (Wildman–Crippen MR) is 119 cm³/mol. The quantitative estimate of drug-likeness (QED) is 0.468. The average molecular weight is 404 g/mol. The molecule has 4 rings (SSSR count). The van der Waals surface area contributed by atoms with Crippen LogP contribution in [0.3, 0.4) is 0 Å². The normalized spacial score (nSPS) is 47.0. The first-order valence-corrected chi connectivity index (χ1v) is 14.6. The van der Waals surface area contributed by atoms with Gasteiger partial charge in [-0.15, -0.1) is 0 Å². The highest BCUT2D eigenvalue weighted by Crippen LogP contribution is 2.66. The lowest BCUT2D eigenvalue weighted by atomic mass is 9.47. The van der Waals surface area contributed by atoms with Crippen LogP contribution in [0, 0.1) is 28.6 Å². The summed E-state index contributed by atoms with van der Waals surface area (Å²) >= 11 is 0. The second-order valence-corrected chi connectivity index (χ2v) is 17.0. The van der Waals surface area contributed by atoms with Crippen LogP contribution < -0.4 is 0 Å². The first-order valence-electron chi connectivity index (χ1n) is 12.2. The van der Waals surface area contributed by atoms with E-state index in [2.05, 4.69) is 47.7 Å². The minimum absolute atomic E-state index is 0.0868. The maximum absolute atomic E-state index is 12.1. The van der Waals surface area contributed by atoms with Crippen molar-refractivity contribution < 1.29 is 10.6 Å². The summed E-state index contributed by atoms with van der Waals surface area (Å²) in [6.07, 6.45) is 9.64. The van der Waals surface area contributed by atoms with Crippen molar-refractivity contribution in [1.29, 1.82) is 0 Å². The van der Waals surface area contributed by atoms with Gasteiger partial charge < -0.3 is 4.43 Å². The van der Waals surface area contributed by atoms with Gasteiger partial charge in [0.1, 0.15) is 0 Å². The third-order valence-corrected chi connectivity index (χ3v) is 14.4. The molecule has 7 atom stereocenters. The largest absolute Gasteiger partial charge is 0.413 e. The van der Waals surface area contributed by atoms with E-state index >= 15 is 0 Å². The molecule has 28 heavy (non-hydrogen) atoms. The van der Waals surface area contributed by atoms with E-state index in [9.17, 15) is 4.79 Å². The van der Waals surface area contributed by atoms with Crippen LogP contribution in [-0.4, -0.2) is 20.2 Å². The summed E-state index contributed by atoms with van der Waals surface area (Å²) in [7, 11) is -1.77. The van der Waals surface area contributed by atoms with Crippen molar-refractivity contribution in [3.05, 3.63) is 11.6 Å². The number of carbonyl (C=O) groups excluding carboxylic acids is 1. The lowest BCUT2D eigenvalue weighted by Gasteiger charge is -2.58. The number of ketones is 1. The van der Waals surface area contributed by atoms with E-state index in [0.29, 0.717) is 24.4 Å². The van der Waals surface area contributed by atoms with Gasteiger partial charge in [-0.25, -0.2) is 0 Å². The molecule has 0 aliphatic heterocycles. The zero-order valence-electron chi connectivity index (χ0n) is 20.2. The Hall–Kier alpha value is -0.413. The molecule has 4 aliphatic rings. The van der Waals surface area contributed by atoms with Crippen LogP contribution in [0.1, 0.15) is 87.3 Å². The van der Waals surface area contributed by atoms with Crippen LogP contribution in [0.4, 0.5) is 0 Å². The summed E-state index contributed by atoms with van der Waals surface area (Å²) in [5.74, 6) is 2.17. The summed E-state index contributed by atoms with van der Waals surface area (Å²) in [6, 6.07) is 0. The number of carbonyl (C=O) groups is 1. The first kappa shape index (κ1) is 19.5. The Bertz CT molecular complexity index is 723. The summed E-state index contributed by atoms with van der Waals surface area (Å²) < 4.78 is 15.9. The minimum atomic E-state index is -1.77. The van der Waals surface area contributed by atoms with Gasteiger partial charge in [0.05, 0.1) is 6.10 Å². The van der Waals surface area contributed by atoms with Gasteiger partial charge in [-0.1, -0.05) is 40.2 Å². The lowest BCUT2D eigenvalue weighted by Crippen LogP contribution is -2.53. The fourth-order valence-electron chi connectivity index (χ4n) is 7.02. The molecule has 2 nitrogen and oxygen atoms in total. The minimum Gasteiger partial charge on any atom is -0.413 e. The van der Waals surface area contributed by atoms with Crippen molar-refractivity contribution in [2.45, 2.75) is 110 Å². The van der Waals surface area contributed by atoms with Crippen molar-refractivity contribution in [1.82, 2.24) is 0 Å². The molecular weight excluding hydrogens is 360 g/mol. The van der Waals surface area contributed by atoms with Crippen molar-refractivity contribution in [3.63, 3.8) is 0 Å². The van der Waals surface area contributed by atoms with Gasteiger partial charge in [0.2, 0.25) is 0 Å². The third kappa shape index (κ3) is 3.02. The van der Waals surface area contributed by atoms with E-state index in [-0.39, 0.29) is 28.0 Å². The van der Waals surface area contributed by atoms with Crippen LogP contribution in [-0.2, 0) is 9.22 Å². The Balaban J connectivity index is 1.60. The summed E-state index contributed by atoms with van der Waals surface area (Å²) in [5.41, 5.74) is 1.50. The molecule has 0 saturated heterocycles. The molecular formula is C25H42O2Si. The molecule has 0 unspecified atom stereocenters. The summed E-state index contributed by atoms with van der Waals surface area (Å²) in [4.78, 5) is 12.1. The SMILES string of the molecule is [2H][C@H]1CC(=O)C=C2CC[C@H]3[C@@H]4CC[C@H](O[Si](C)(C)C(C)(C)C)[C@@]4(C)CC[C@@H]3[C@]21C. The van der Waals surface area contributed by atoms with E-state index in [1.165, 1.54) is 37.7 Å².